The van der Waals surface area contributed by atoms with E-state index in [9.17, 15) is 8.42 Å². The highest BCUT2D eigenvalue weighted by molar-refractivity contribution is 8.13. The van der Waals surface area contributed by atoms with E-state index in [2.05, 4.69) is 11.7 Å². The van der Waals surface area contributed by atoms with Crippen molar-refractivity contribution in [2.45, 2.75) is 12.3 Å². The van der Waals surface area contributed by atoms with Crippen molar-refractivity contribution in [2.75, 3.05) is 0 Å². The maximum atomic E-state index is 10.8. The largest absolute Gasteiger partial charge is 0.265 e. The van der Waals surface area contributed by atoms with Crippen LogP contribution in [0.25, 0.3) is 0 Å². The van der Waals surface area contributed by atoms with Gasteiger partial charge in [0, 0.05) is 16.9 Å². The molecule has 0 fully saturated rings. The highest BCUT2D eigenvalue weighted by atomic mass is 35.7. The summed E-state index contributed by atoms with van der Waals surface area (Å²) in [4.78, 5) is 0. The van der Waals surface area contributed by atoms with Crippen LogP contribution in [0.2, 0.25) is 0 Å². The van der Waals surface area contributed by atoms with Gasteiger partial charge in [-0.1, -0.05) is 6.08 Å². The summed E-state index contributed by atoms with van der Waals surface area (Å²) in [6, 6.07) is 1.61. The summed E-state index contributed by atoms with van der Waals surface area (Å²) in [5.74, 6) is -0.206. The van der Waals surface area contributed by atoms with Gasteiger partial charge < -0.3 is 0 Å². The zero-order valence-electron chi connectivity index (χ0n) is 6.85. The number of hydrogen-bond donors (Lipinski definition) is 0. The van der Waals surface area contributed by atoms with Gasteiger partial charge >= 0.3 is 0 Å². The molecule has 1 rings (SSSR count). The summed E-state index contributed by atoms with van der Waals surface area (Å²) in [6.45, 7) is 4.01. The van der Waals surface area contributed by atoms with Crippen LogP contribution < -0.4 is 0 Å². The van der Waals surface area contributed by atoms with E-state index in [0.717, 1.165) is 0 Å². The van der Waals surface area contributed by atoms with Crippen molar-refractivity contribution < 1.29 is 8.42 Å². The molecular weight excluding hydrogens is 212 g/mol. The summed E-state index contributed by atoms with van der Waals surface area (Å²) < 4.78 is 23.0. The SMILES string of the molecule is C=CCn1nccc1CS(=O)(=O)Cl. The van der Waals surface area contributed by atoms with E-state index >= 15 is 0 Å². The number of hydrogen-bond acceptors (Lipinski definition) is 3. The molecule has 0 radical (unpaired) electrons. The van der Waals surface area contributed by atoms with Gasteiger partial charge in [0.05, 0.1) is 12.2 Å². The number of halogens is 1. The van der Waals surface area contributed by atoms with Crippen molar-refractivity contribution in [1.29, 1.82) is 0 Å². The van der Waals surface area contributed by atoms with Gasteiger partial charge in [0.15, 0.2) is 0 Å². The molecular formula is C7H9ClN2O2S. The summed E-state index contributed by atoms with van der Waals surface area (Å²) in [5, 5.41) is 3.91. The minimum absolute atomic E-state index is 0.206. The molecule has 0 amide bonds. The number of rotatable bonds is 4. The molecule has 0 aliphatic heterocycles. The Balaban J connectivity index is 2.88. The van der Waals surface area contributed by atoms with Crippen LogP contribution in [0.3, 0.4) is 0 Å². The van der Waals surface area contributed by atoms with Crippen LogP contribution in [0.15, 0.2) is 24.9 Å². The Labute approximate surface area is 81.2 Å². The Hall–Kier alpha value is -0.810. The fourth-order valence-corrected chi connectivity index (χ4v) is 1.88. The minimum atomic E-state index is -3.51. The van der Waals surface area contributed by atoms with Crippen molar-refractivity contribution in [3.8, 4) is 0 Å². The third kappa shape index (κ3) is 3.20. The lowest BCUT2D eigenvalue weighted by molar-refractivity contribution is 0.603. The second-order valence-corrected chi connectivity index (χ2v) is 5.25. The van der Waals surface area contributed by atoms with Gasteiger partial charge in [-0.25, -0.2) is 8.42 Å². The maximum absolute atomic E-state index is 10.8. The first-order chi connectivity index (χ1) is 6.03. The van der Waals surface area contributed by atoms with Crippen molar-refractivity contribution in [3.05, 3.63) is 30.6 Å². The van der Waals surface area contributed by atoms with E-state index in [0.29, 0.717) is 12.2 Å². The molecule has 0 atom stereocenters. The van der Waals surface area contributed by atoms with Crippen LogP contribution in [-0.4, -0.2) is 18.2 Å². The molecule has 0 unspecified atom stereocenters. The van der Waals surface area contributed by atoms with E-state index in [1.54, 1.807) is 12.1 Å². The molecule has 4 nitrogen and oxygen atoms in total. The van der Waals surface area contributed by atoms with Crippen LogP contribution in [-0.2, 0) is 21.3 Å². The van der Waals surface area contributed by atoms with Gasteiger partial charge in [0.25, 0.3) is 0 Å². The number of aromatic nitrogens is 2. The molecule has 72 valence electrons. The molecule has 0 saturated carbocycles. The van der Waals surface area contributed by atoms with Crippen molar-refractivity contribution >= 4 is 19.7 Å². The van der Waals surface area contributed by atoms with Crippen molar-refractivity contribution in [2.24, 2.45) is 0 Å². The van der Waals surface area contributed by atoms with Gasteiger partial charge in [0.1, 0.15) is 5.75 Å². The fourth-order valence-electron chi connectivity index (χ4n) is 0.946. The van der Waals surface area contributed by atoms with Gasteiger partial charge in [-0.2, -0.15) is 5.10 Å². The van der Waals surface area contributed by atoms with Crippen LogP contribution in [0.1, 0.15) is 5.69 Å². The summed E-state index contributed by atoms with van der Waals surface area (Å²) in [6.07, 6.45) is 3.16. The molecule has 0 saturated heterocycles. The number of nitrogens with zero attached hydrogens (tertiary/aromatic N) is 2. The zero-order valence-corrected chi connectivity index (χ0v) is 8.42. The second-order valence-electron chi connectivity index (χ2n) is 2.48. The quantitative estimate of drug-likeness (QED) is 0.565. The van der Waals surface area contributed by atoms with E-state index in [4.69, 9.17) is 10.7 Å². The van der Waals surface area contributed by atoms with E-state index in [-0.39, 0.29) is 5.75 Å². The van der Waals surface area contributed by atoms with Gasteiger partial charge in [-0.15, -0.1) is 6.58 Å². The van der Waals surface area contributed by atoms with Crippen LogP contribution in [0.5, 0.6) is 0 Å². The third-order valence-corrected chi connectivity index (χ3v) is 2.39. The minimum Gasteiger partial charge on any atom is -0.265 e. The van der Waals surface area contributed by atoms with Crippen molar-refractivity contribution in [1.82, 2.24) is 9.78 Å². The van der Waals surface area contributed by atoms with E-state index < -0.39 is 9.05 Å². The van der Waals surface area contributed by atoms with Gasteiger partial charge in [-0.05, 0) is 6.07 Å². The zero-order chi connectivity index (χ0) is 9.90. The lowest BCUT2D eigenvalue weighted by Gasteiger charge is -2.01. The standard InChI is InChI=1S/C7H9ClN2O2S/c1-2-5-10-7(3-4-9-10)6-13(8,11)12/h2-4H,1,5-6H2. The Morgan fingerprint density at radius 1 is 1.69 bits per heavy atom. The fraction of sp³-hybridized carbons (Fsp3) is 0.286. The first kappa shape index (κ1) is 10.3. The first-order valence-corrected chi connectivity index (χ1v) is 6.04. The van der Waals surface area contributed by atoms with E-state index in [1.165, 1.54) is 10.9 Å². The Morgan fingerprint density at radius 2 is 2.38 bits per heavy atom. The van der Waals surface area contributed by atoms with Crippen LogP contribution in [0.4, 0.5) is 0 Å². The molecule has 6 heteroatoms. The number of allylic oxidation sites excluding steroid dienone is 1. The highest BCUT2D eigenvalue weighted by Crippen LogP contribution is 2.08. The Morgan fingerprint density at radius 3 is 2.92 bits per heavy atom. The summed E-state index contributed by atoms with van der Waals surface area (Å²) in [5.41, 5.74) is 0.565. The molecule has 1 aromatic rings. The van der Waals surface area contributed by atoms with Crippen LogP contribution >= 0.6 is 10.7 Å². The average molecular weight is 221 g/mol. The second kappa shape index (κ2) is 3.93. The highest BCUT2D eigenvalue weighted by Gasteiger charge is 2.10. The van der Waals surface area contributed by atoms with E-state index in [1.807, 2.05) is 0 Å². The van der Waals surface area contributed by atoms with Crippen molar-refractivity contribution in [3.63, 3.8) is 0 Å². The normalized spacial score (nSPS) is 11.5. The molecule has 0 N–H and O–H groups in total. The molecule has 13 heavy (non-hydrogen) atoms. The first-order valence-electron chi connectivity index (χ1n) is 3.57. The molecule has 0 spiro atoms. The molecule has 1 heterocycles. The van der Waals surface area contributed by atoms with Gasteiger partial charge in [-0.3, -0.25) is 4.68 Å². The molecule has 0 aromatic carbocycles. The van der Waals surface area contributed by atoms with Gasteiger partial charge in [0.2, 0.25) is 9.05 Å². The Bertz CT molecular complexity index is 396. The predicted octanol–water partition coefficient (Wildman–Crippen LogP) is 1.14. The smallest absolute Gasteiger partial charge is 0.238 e. The lowest BCUT2D eigenvalue weighted by atomic mass is 10.5. The molecule has 0 aliphatic rings. The Kier molecular flexibility index (Phi) is 3.11. The maximum Gasteiger partial charge on any atom is 0.238 e. The summed E-state index contributed by atoms with van der Waals surface area (Å²) in [7, 11) is 1.59. The summed E-state index contributed by atoms with van der Waals surface area (Å²) >= 11 is 0. The average Bonchev–Trinajstić information content (AvgIpc) is 2.34. The van der Waals surface area contributed by atoms with Crippen LogP contribution in [0, 0.1) is 0 Å². The predicted molar refractivity (Wildman–Crippen MR) is 50.9 cm³/mol. The monoisotopic (exact) mass is 220 g/mol. The molecule has 0 bridgehead atoms. The molecule has 0 aliphatic carbocycles. The topological polar surface area (TPSA) is 52.0 Å². The lowest BCUT2D eigenvalue weighted by Crippen LogP contribution is -2.06. The third-order valence-electron chi connectivity index (χ3n) is 1.43. The molecule has 1 aromatic heterocycles.